The van der Waals surface area contributed by atoms with Crippen molar-refractivity contribution in [2.75, 3.05) is 7.05 Å². The van der Waals surface area contributed by atoms with Gasteiger partial charge in [-0.1, -0.05) is 33.6 Å². The van der Waals surface area contributed by atoms with Gasteiger partial charge in [0.25, 0.3) is 0 Å². The Labute approximate surface area is 126 Å². The summed E-state index contributed by atoms with van der Waals surface area (Å²) in [5.41, 5.74) is 2.13. The van der Waals surface area contributed by atoms with Gasteiger partial charge in [-0.25, -0.2) is 0 Å². The molecule has 19 heavy (non-hydrogen) atoms. The Kier molecular flexibility index (Phi) is 4.86. The molecule has 0 atom stereocenters. The number of hydrogen-bond acceptors (Lipinski definition) is 2. The first kappa shape index (κ1) is 14.4. The van der Waals surface area contributed by atoms with Gasteiger partial charge in [-0.2, -0.15) is 0 Å². The van der Waals surface area contributed by atoms with Gasteiger partial charge in [0.1, 0.15) is 11.5 Å². The molecule has 0 spiro atoms. The van der Waals surface area contributed by atoms with E-state index in [1.807, 2.05) is 50.4 Å². The fraction of sp³-hybridized carbons (Fsp3) is 0.200. The molecule has 0 radical (unpaired) electrons. The van der Waals surface area contributed by atoms with E-state index < -0.39 is 0 Å². The Hall–Kier alpha value is -1.03. The SMILES string of the molecule is CNCc1ccc(Oc2ccc(Br)cc2C)cc1Cl. The highest BCUT2D eigenvalue weighted by molar-refractivity contribution is 9.10. The van der Waals surface area contributed by atoms with Gasteiger partial charge in [-0.3, -0.25) is 0 Å². The lowest BCUT2D eigenvalue weighted by molar-refractivity contribution is 0.478. The quantitative estimate of drug-likeness (QED) is 0.852. The van der Waals surface area contributed by atoms with Crippen LogP contribution < -0.4 is 10.1 Å². The molecule has 100 valence electrons. The van der Waals surface area contributed by atoms with E-state index in [1.54, 1.807) is 0 Å². The van der Waals surface area contributed by atoms with Crippen LogP contribution in [-0.2, 0) is 6.54 Å². The van der Waals surface area contributed by atoms with Gasteiger partial charge in [0, 0.05) is 16.0 Å². The number of hydrogen-bond donors (Lipinski definition) is 1. The van der Waals surface area contributed by atoms with Crippen molar-refractivity contribution in [3.05, 3.63) is 57.0 Å². The van der Waals surface area contributed by atoms with Gasteiger partial charge in [-0.05, 0) is 55.4 Å². The molecule has 0 aromatic heterocycles. The number of ether oxygens (including phenoxy) is 1. The normalized spacial score (nSPS) is 10.5. The van der Waals surface area contributed by atoms with E-state index in [0.29, 0.717) is 5.02 Å². The maximum atomic E-state index is 6.21. The summed E-state index contributed by atoms with van der Waals surface area (Å²) in [6.45, 7) is 2.76. The lowest BCUT2D eigenvalue weighted by atomic mass is 10.2. The Morgan fingerprint density at radius 3 is 2.63 bits per heavy atom. The number of aryl methyl sites for hydroxylation is 1. The third kappa shape index (κ3) is 3.72. The van der Waals surface area contributed by atoms with Crippen LogP contribution in [0, 0.1) is 6.92 Å². The van der Waals surface area contributed by atoms with Gasteiger partial charge in [-0.15, -0.1) is 0 Å². The predicted molar refractivity (Wildman–Crippen MR) is 83.2 cm³/mol. The van der Waals surface area contributed by atoms with Crippen molar-refractivity contribution < 1.29 is 4.74 Å². The molecule has 0 bridgehead atoms. The van der Waals surface area contributed by atoms with Crippen molar-refractivity contribution in [1.29, 1.82) is 0 Å². The van der Waals surface area contributed by atoms with E-state index in [4.69, 9.17) is 16.3 Å². The van der Waals surface area contributed by atoms with Crippen molar-refractivity contribution in [1.82, 2.24) is 5.32 Å². The molecule has 2 nitrogen and oxygen atoms in total. The van der Waals surface area contributed by atoms with E-state index in [9.17, 15) is 0 Å². The van der Waals surface area contributed by atoms with Crippen LogP contribution in [0.25, 0.3) is 0 Å². The van der Waals surface area contributed by atoms with Gasteiger partial charge < -0.3 is 10.1 Å². The zero-order chi connectivity index (χ0) is 13.8. The summed E-state index contributed by atoms with van der Waals surface area (Å²) in [5, 5.41) is 3.79. The van der Waals surface area contributed by atoms with E-state index >= 15 is 0 Å². The molecule has 0 heterocycles. The summed E-state index contributed by atoms with van der Waals surface area (Å²) < 4.78 is 6.89. The van der Waals surface area contributed by atoms with Crippen LogP contribution in [-0.4, -0.2) is 7.05 Å². The van der Waals surface area contributed by atoms with Gasteiger partial charge in [0.2, 0.25) is 0 Å². The molecule has 0 unspecified atom stereocenters. The summed E-state index contributed by atoms with van der Waals surface area (Å²) in [5.74, 6) is 1.58. The fourth-order valence-corrected chi connectivity index (χ4v) is 2.49. The number of rotatable bonds is 4. The number of nitrogens with one attached hydrogen (secondary N) is 1. The van der Waals surface area contributed by atoms with Gasteiger partial charge in [0.15, 0.2) is 0 Å². The molecule has 0 aliphatic heterocycles. The molecule has 0 aliphatic rings. The third-order valence-corrected chi connectivity index (χ3v) is 3.60. The minimum absolute atomic E-state index is 0.710. The molecule has 2 rings (SSSR count). The van der Waals surface area contributed by atoms with Crippen molar-refractivity contribution in [2.24, 2.45) is 0 Å². The second-order valence-electron chi connectivity index (χ2n) is 4.30. The Bertz CT molecular complexity index is 586. The molecule has 0 saturated heterocycles. The average Bonchev–Trinajstić information content (AvgIpc) is 2.36. The second kappa shape index (κ2) is 6.42. The van der Waals surface area contributed by atoms with Crippen molar-refractivity contribution in [2.45, 2.75) is 13.5 Å². The smallest absolute Gasteiger partial charge is 0.130 e. The van der Waals surface area contributed by atoms with Crippen molar-refractivity contribution in [3.8, 4) is 11.5 Å². The molecule has 0 saturated carbocycles. The molecule has 2 aromatic carbocycles. The largest absolute Gasteiger partial charge is 0.457 e. The van der Waals surface area contributed by atoms with Crippen molar-refractivity contribution in [3.63, 3.8) is 0 Å². The molecular formula is C15H15BrClNO. The predicted octanol–water partition coefficient (Wildman–Crippen LogP) is 4.92. The highest BCUT2D eigenvalue weighted by atomic mass is 79.9. The molecule has 0 amide bonds. The maximum absolute atomic E-state index is 6.21. The van der Waals surface area contributed by atoms with Crippen LogP contribution >= 0.6 is 27.5 Å². The highest BCUT2D eigenvalue weighted by Crippen LogP contribution is 2.30. The summed E-state index contributed by atoms with van der Waals surface area (Å²) in [7, 11) is 1.89. The highest BCUT2D eigenvalue weighted by Gasteiger charge is 2.05. The molecule has 0 fully saturated rings. The number of benzene rings is 2. The minimum atomic E-state index is 0.710. The lowest BCUT2D eigenvalue weighted by Gasteiger charge is -2.11. The van der Waals surface area contributed by atoms with Crippen LogP contribution in [0.4, 0.5) is 0 Å². The van der Waals surface area contributed by atoms with E-state index in [0.717, 1.165) is 33.6 Å². The summed E-state index contributed by atoms with van der Waals surface area (Å²) >= 11 is 9.65. The van der Waals surface area contributed by atoms with E-state index in [-0.39, 0.29) is 0 Å². The monoisotopic (exact) mass is 339 g/mol. The number of halogens is 2. The third-order valence-electron chi connectivity index (χ3n) is 2.76. The Morgan fingerprint density at radius 2 is 2.00 bits per heavy atom. The Morgan fingerprint density at radius 1 is 1.21 bits per heavy atom. The van der Waals surface area contributed by atoms with E-state index in [1.165, 1.54) is 0 Å². The summed E-state index contributed by atoms with van der Waals surface area (Å²) in [6, 6.07) is 11.7. The van der Waals surface area contributed by atoms with Crippen LogP contribution in [0.2, 0.25) is 5.02 Å². The van der Waals surface area contributed by atoms with Crippen LogP contribution in [0.3, 0.4) is 0 Å². The standard InChI is InChI=1S/C15H15BrClNO/c1-10-7-12(16)4-6-15(10)19-13-5-3-11(9-18-2)14(17)8-13/h3-8,18H,9H2,1-2H3. The topological polar surface area (TPSA) is 21.3 Å². The van der Waals surface area contributed by atoms with Crippen LogP contribution in [0.1, 0.15) is 11.1 Å². The van der Waals surface area contributed by atoms with Crippen LogP contribution in [0.5, 0.6) is 11.5 Å². The average molecular weight is 341 g/mol. The van der Waals surface area contributed by atoms with E-state index in [2.05, 4.69) is 21.2 Å². The molecule has 1 N–H and O–H groups in total. The summed E-state index contributed by atoms with van der Waals surface area (Å²) in [4.78, 5) is 0. The van der Waals surface area contributed by atoms with Crippen molar-refractivity contribution >= 4 is 27.5 Å². The fourth-order valence-electron chi connectivity index (χ4n) is 1.78. The van der Waals surface area contributed by atoms with Gasteiger partial charge in [0.05, 0.1) is 0 Å². The zero-order valence-corrected chi connectivity index (χ0v) is 13.2. The molecular weight excluding hydrogens is 326 g/mol. The minimum Gasteiger partial charge on any atom is -0.457 e. The zero-order valence-electron chi connectivity index (χ0n) is 10.8. The summed E-state index contributed by atoms with van der Waals surface area (Å²) in [6.07, 6.45) is 0. The molecule has 0 aliphatic carbocycles. The molecule has 4 heteroatoms. The first-order valence-electron chi connectivity index (χ1n) is 5.97. The Balaban J connectivity index is 2.21. The first-order valence-corrected chi connectivity index (χ1v) is 7.14. The first-order chi connectivity index (χ1) is 9.10. The molecule has 2 aromatic rings. The van der Waals surface area contributed by atoms with Gasteiger partial charge >= 0.3 is 0 Å². The maximum Gasteiger partial charge on any atom is 0.130 e. The lowest BCUT2D eigenvalue weighted by Crippen LogP contribution is -2.05. The van der Waals surface area contributed by atoms with Crippen LogP contribution in [0.15, 0.2) is 40.9 Å². The second-order valence-corrected chi connectivity index (χ2v) is 5.62.